The maximum Gasteiger partial charge on any atom is 0.289 e. The van der Waals surface area contributed by atoms with Crippen LogP contribution in [-0.4, -0.2) is 29.2 Å². The number of nitrogens with zero attached hydrogens (tertiary/aromatic N) is 2. The number of aromatic amines is 1. The number of hydrazone groups is 1. The molecule has 0 aliphatic rings. The maximum atomic E-state index is 12.9. The van der Waals surface area contributed by atoms with E-state index in [0.717, 1.165) is 38.7 Å². The number of para-hydroxylation sites is 1. The zero-order chi connectivity index (χ0) is 21.9. The molecule has 3 aromatic carbocycles. The third kappa shape index (κ3) is 3.70. The summed E-state index contributed by atoms with van der Waals surface area (Å²) in [6.07, 6.45) is 1.60. The number of hydrogen-bond acceptors (Lipinski definition) is 4. The fourth-order valence-electron chi connectivity index (χ4n) is 3.68. The summed E-state index contributed by atoms with van der Waals surface area (Å²) in [7, 11) is 1.63. The number of amides is 1. The van der Waals surface area contributed by atoms with Crippen molar-refractivity contribution in [3.63, 3.8) is 0 Å². The van der Waals surface area contributed by atoms with Crippen LogP contribution < -0.4 is 10.2 Å². The highest BCUT2D eigenvalue weighted by Crippen LogP contribution is 2.33. The fraction of sp³-hybridized carbons (Fsp3) is 0.0385. The Kier molecular flexibility index (Phi) is 5.09. The topological polar surface area (TPSA) is 79.4 Å². The van der Waals surface area contributed by atoms with E-state index in [4.69, 9.17) is 4.74 Å². The van der Waals surface area contributed by atoms with Crippen LogP contribution >= 0.6 is 0 Å². The van der Waals surface area contributed by atoms with Gasteiger partial charge in [0.05, 0.1) is 24.5 Å². The number of pyridine rings is 1. The van der Waals surface area contributed by atoms with Crippen molar-refractivity contribution in [1.82, 2.24) is 15.4 Å². The highest BCUT2D eigenvalue weighted by atomic mass is 16.5. The second-order valence-corrected chi connectivity index (χ2v) is 7.29. The zero-order valence-corrected chi connectivity index (χ0v) is 17.4. The second-order valence-electron chi connectivity index (χ2n) is 7.29. The molecule has 2 heterocycles. The normalized spacial score (nSPS) is 11.3. The van der Waals surface area contributed by atoms with Crippen molar-refractivity contribution in [1.29, 1.82) is 0 Å². The molecule has 2 aromatic heterocycles. The smallest absolute Gasteiger partial charge is 0.289 e. The van der Waals surface area contributed by atoms with E-state index in [2.05, 4.69) is 20.5 Å². The molecule has 2 N–H and O–H groups in total. The van der Waals surface area contributed by atoms with E-state index < -0.39 is 0 Å². The Morgan fingerprint density at radius 1 is 0.969 bits per heavy atom. The van der Waals surface area contributed by atoms with Gasteiger partial charge in [-0.15, -0.1) is 0 Å². The van der Waals surface area contributed by atoms with E-state index in [0.29, 0.717) is 11.4 Å². The van der Waals surface area contributed by atoms with Crippen LogP contribution in [0, 0.1) is 0 Å². The van der Waals surface area contributed by atoms with Crippen molar-refractivity contribution in [3.05, 3.63) is 96.2 Å². The van der Waals surface area contributed by atoms with Crippen LogP contribution in [0.1, 0.15) is 16.1 Å². The average molecular weight is 420 g/mol. The first kappa shape index (κ1) is 19.5. The lowest BCUT2D eigenvalue weighted by molar-refractivity contribution is 0.0950. The van der Waals surface area contributed by atoms with Crippen LogP contribution in [0.15, 0.2) is 90.0 Å². The molecule has 0 saturated heterocycles. The summed E-state index contributed by atoms with van der Waals surface area (Å²) in [6, 6.07) is 27.0. The Bertz CT molecular complexity index is 1440. The highest BCUT2D eigenvalue weighted by Gasteiger charge is 2.17. The van der Waals surface area contributed by atoms with Gasteiger partial charge in [-0.1, -0.05) is 48.5 Å². The SMILES string of the molecule is COc1ccc(-c2nc(C(=O)NN=Cc3ccccc3)cc3c2[nH]c2ccccc23)cc1. The Balaban J connectivity index is 1.58. The zero-order valence-electron chi connectivity index (χ0n) is 17.4. The number of carbonyl (C=O) groups excluding carboxylic acids is 1. The van der Waals surface area contributed by atoms with Crippen LogP contribution in [0.4, 0.5) is 0 Å². The van der Waals surface area contributed by atoms with Gasteiger partial charge in [0.15, 0.2) is 0 Å². The molecule has 0 atom stereocenters. The quantitative estimate of drug-likeness (QED) is 0.305. The van der Waals surface area contributed by atoms with Crippen LogP contribution in [0.2, 0.25) is 0 Å². The molecule has 5 rings (SSSR count). The van der Waals surface area contributed by atoms with Gasteiger partial charge in [0, 0.05) is 21.9 Å². The Labute approximate surface area is 184 Å². The average Bonchev–Trinajstić information content (AvgIpc) is 3.23. The number of rotatable bonds is 5. The third-order valence-electron chi connectivity index (χ3n) is 5.27. The van der Waals surface area contributed by atoms with E-state index in [1.54, 1.807) is 19.4 Å². The Morgan fingerprint density at radius 3 is 2.50 bits per heavy atom. The highest BCUT2D eigenvalue weighted by molar-refractivity contribution is 6.13. The van der Waals surface area contributed by atoms with Gasteiger partial charge < -0.3 is 9.72 Å². The molecule has 0 fully saturated rings. The molecular formula is C26H20N4O2. The summed E-state index contributed by atoms with van der Waals surface area (Å²) in [6.45, 7) is 0. The first-order valence-corrected chi connectivity index (χ1v) is 10.2. The monoisotopic (exact) mass is 420 g/mol. The number of methoxy groups -OCH3 is 1. The predicted octanol–water partition coefficient (Wildman–Crippen LogP) is 5.16. The number of H-pyrrole nitrogens is 1. The van der Waals surface area contributed by atoms with Crippen molar-refractivity contribution in [3.8, 4) is 17.0 Å². The number of fused-ring (bicyclic) bond motifs is 3. The van der Waals surface area contributed by atoms with Gasteiger partial charge in [-0.3, -0.25) is 4.79 Å². The summed E-state index contributed by atoms with van der Waals surface area (Å²) in [4.78, 5) is 21.0. The summed E-state index contributed by atoms with van der Waals surface area (Å²) in [5.41, 5.74) is 7.21. The van der Waals surface area contributed by atoms with E-state index in [-0.39, 0.29) is 5.91 Å². The molecule has 1 amide bonds. The van der Waals surface area contributed by atoms with Gasteiger partial charge in [0.2, 0.25) is 0 Å². The number of aromatic nitrogens is 2. The maximum absolute atomic E-state index is 12.9. The lowest BCUT2D eigenvalue weighted by atomic mass is 10.1. The van der Waals surface area contributed by atoms with Crippen molar-refractivity contribution < 1.29 is 9.53 Å². The molecule has 0 spiro atoms. The molecule has 0 unspecified atom stereocenters. The largest absolute Gasteiger partial charge is 0.497 e. The Morgan fingerprint density at radius 2 is 1.72 bits per heavy atom. The van der Waals surface area contributed by atoms with Crippen molar-refractivity contribution in [2.24, 2.45) is 5.10 Å². The van der Waals surface area contributed by atoms with Gasteiger partial charge in [-0.2, -0.15) is 5.10 Å². The number of ether oxygens (including phenoxy) is 1. The van der Waals surface area contributed by atoms with Gasteiger partial charge in [-0.05, 0) is 42.0 Å². The molecule has 0 saturated carbocycles. The number of nitrogens with one attached hydrogen (secondary N) is 2. The molecule has 0 bridgehead atoms. The predicted molar refractivity (Wildman–Crippen MR) is 127 cm³/mol. The third-order valence-corrected chi connectivity index (χ3v) is 5.27. The second kappa shape index (κ2) is 8.35. The van der Waals surface area contributed by atoms with Gasteiger partial charge in [-0.25, -0.2) is 10.4 Å². The van der Waals surface area contributed by atoms with Crippen LogP contribution in [0.5, 0.6) is 5.75 Å². The van der Waals surface area contributed by atoms with Crippen LogP contribution in [-0.2, 0) is 0 Å². The van der Waals surface area contributed by atoms with Crippen LogP contribution in [0.3, 0.4) is 0 Å². The molecule has 0 aliphatic heterocycles. The minimum Gasteiger partial charge on any atom is -0.497 e. The summed E-state index contributed by atoms with van der Waals surface area (Å²) >= 11 is 0. The standard InChI is InChI=1S/C26H20N4O2/c1-32-19-13-11-18(12-14-19)24-25-21(20-9-5-6-10-22(20)28-25)15-23(29-24)26(31)30-27-16-17-7-3-2-4-8-17/h2-16,28H,1H3,(H,30,31). The van der Waals surface area contributed by atoms with Crippen molar-refractivity contribution in [2.45, 2.75) is 0 Å². The number of hydrogen-bond donors (Lipinski definition) is 2. The molecule has 32 heavy (non-hydrogen) atoms. The summed E-state index contributed by atoms with van der Waals surface area (Å²) < 4.78 is 5.28. The van der Waals surface area contributed by atoms with Gasteiger partial charge in [0.1, 0.15) is 11.4 Å². The first-order chi connectivity index (χ1) is 15.7. The molecule has 5 aromatic rings. The number of carbonyl (C=O) groups is 1. The van der Waals surface area contributed by atoms with Gasteiger partial charge >= 0.3 is 0 Å². The lowest BCUT2D eigenvalue weighted by Gasteiger charge is -2.08. The molecule has 156 valence electrons. The van der Waals surface area contributed by atoms with E-state index in [1.165, 1.54) is 0 Å². The lowest BCUT2D eigenvalue weighted by Crippen LogP contribution is -2.19. The molecular weight excluding hydrogens is 400 g/mol. The Hall–Kier alpha value is -4.45. The van der Waals surface area contributed by atoms with Gasteiger partial charge in [0.25, 0.3) is 5.91 Å². The minimum atomic E-state index is -0.376. The van der Waals surface area contributed by atoms with E-state index >= 15 is 0 Å². The molecule has 0 aliphatic carbocycles. The number of benzene rings is 3. The van der Waals surface area contributed by atoms with Crippen molar-refractivity contribution >= 4 is 33.9 Å². The van der Waals surface area contributed by atoms with Crippen molar-refractivity contribution in [2.75, 3.05) is 7.11 Å². The van der Waals surface area contributed by atoms with E-state index in [9.17, 15) is 4.79 Å². The first-order valence-electron chi connectivity index (χ1n) is 10.2. The van der Waals surface area contributed by atoms with E-state index in [1.807, 2.05) is 78.9 Å². The summed E-state index contributed by atoms with van der Waals surface area (Å²) in [5, 5.41) is 6.04. The summed E-state index contributed by atoms with van der Waals surface area (Å²) in [5.74, 6) is 0.380. The molecule has 6 heteroatoms. The fourth-order valence-corrected chi connectivity index (χ4v) is 3.68. The minimum absolute atomic E-state index is 0.290. The molecule has 6 nitrogen and oxygen atoms in total. The molecule has 0 radical (unpaired) electrons. The van der Waals surface area contributed by atoms with Crippen LogP contribution in [0.25, 0.3) is 33.1 Å².